The van der Waals surface area contributed by atoms with Crippen LogP contribution >= 0.6 is 0 Å². The normalized spacial score (nSPS) is 10.9. The van der Waals surface area contributed by atoms with E-state index in [9.17, 15) is 13.0 Å². The second kappa shape index (κ2) is 5.99. The van der Waals surface area contributed by atoms with Gasteiger partial charge in [-0.25, -0.2) is 8.42 Å². The van der Waals surface area contributed by atoms with E-state index in [-0.39, 0.29) is 34.5 Å². The van der Waals surface area contributed by atoms with Crippen molar-refractivity contribution in [3.63, 3.8) is 0 Å². The van der Waals surface area contributed by atoms with Gasteiger partial charge in [0.05, 0.1) is 4.90 Å². The van der Waals surface area contributed by atoms with Crippen LogP contribution in [0, 0.1) is 0 Å². The third-order valence-corrected chi connectivity index (χ3v) is 3.54. The molecule has 0 aliphatic heterocycles. The maximum atomic E-state index is 11.2. The minimum absolute atomic E-state index is 0. The molecule has 0 saturated heterocycles. The third kappa shape index (κ3) is 3.02. The van der Waals surface area contributed by atoms with E-state index < -0.39 is 10.1 Å². The predicted molar refractivity (Wildman–Crippen MR) is 65.8 cm³/mol. The van der Waals surface area contributed by atoms with Crippen LogP contribution < -0.4 is 29.6 Å². The average molecular weight is 270 g/mol. The third-order valence-electron chi connectivity index (χ3n) is 2.62. The zero-order valence-electron chi connectivity index (χ0n) is 10.1. The van der Waals surface area contributed by atoms with Gasteiger partial charge in [0, 0.05) is 0 Å². The molecular formula is C13H11NaO3S. The summed E-state index contributed by atoms with van der Waals surface area (Å²) in [5.41, 5.74) is 0.521. The molecule has 2 rings (SSSR count). The summed E-state index contributed by atoms with van der Waals surface area (Å²) in [5.74, 6) is 0. The van der Waals surface area contributed by atoms with Crippen molar-refractivity contribution in [2.75, 3.05) is 0 Å². The first-order chi connectivity index (χ1) is 8.04. The summed E-state index contributed by atoms with van der Waals surface area (Å²) in [5, 5.41) is 1.70. The maximum Gasteiger partial charge on any atom is 1.00 e. The Bertz CT molecular complexity index is 678. The van der Waals surface area contributed by atoms with E-state index in [1.807, 2.05) is 24.3 Å². The Morgan fingerprint density at radius 1 is 1.17 bits per heavy atom. The Morgan fingerprint density at radius 2 is 1.83 bits per heavy atom. The zero-order valence-corrected chi connectivity index (χ0v) is 12.9. The van der Waals surface area contributed by atoms with Crippen molar-refractivity contribution in [2.45, 2.75) is 11.3 Å². The van der Waals surface area contributed by atoms with Crippen molar-refractivity contribution in [3.8, 4) is 0 Å². The van der Waals surface area contributed by atoms with E-state index in [0.717, 1.165) is 10.8 Å². The first-order valence-electron chi connectivity index (χ1n) is 5.11. The van der Waals surface area contributed by atoms with Crippen LogP contribution in [0.1, 0.15) is 5.56 Å². The van der Waals surface area contributed by atoms with Gasteiger partial charge < -0.3 is 4.55 Å². The molecule has 3 nitrogen and oxygen atoms in total. The van der Waals surface area contributed by atoms with Crippen molar-refractivity contribution >= 4 is 20.9 Å². The van der Waals surface area contributed by atoms with Crippen molar-refractivity contribution in [1.29, 1.82) is 0 Å². The minimum Gasteiger partial charge on any atom is -0.744 e. The number of rotatable bonds is 3. The van der Waals surface area contributed by atoms with Crippen molar-refractivity contribution in [2.24, 2.45) is 0 Å². The van der Waals surface area contributed by atoms with Gasteiger partial charge in [-0.05, 0) is 28.8 Å². The van der Waals surface area contributed by atoms with Crippen LogP contribution in [-0.2, 0) is 16.5 Å². The number of hydrogen-bond donors (Lipinski definition) is 0. The van der Waals surface area contributed by atoms with E-state index in [1.165, 1.54) is 6.07 Å². The van der Waals surface area contributed by atoms with Gasteiger partial charge in [0.15, 0.2) is 0 Å². The van der Waals surface area contributed by atoms with Gasteiger partial charge in [-0.2, -0.15) is 0 Å². The van der Waals surface area contributed by atoms with E-state index >= 15 is 0 Å². The summed E-state index contributed by atoms with van der Waals surface area (Å²) in [6.45, 7) is 3.59. The molecular weight excluding hydrogens is 259 g/mol. The molecule has 18 heavy (non-hydrogen) atoms. The van der Waals surface area contributed by atoms with Gasteiger partial charge in [-0.3, -0.25) is 0 Å². The fourth-order valence-corrected chi connectivity index (χ4v) is 2.63. The molecule has 0 unspecified atom stereocenters. The Kier molecular flexibility index (Phi) is 5.13. The molecule has 0 radical (unpaired) electrons. The number of fused-ring (bicyclic) bond motifs is 1. The molecule has 0 saturated carbocycles. The van der Waals surface area contributed by atoms with Crippen molar-refractivity contribution in [1.82, 2.24) is 0 Å². The second-order valence-electron chi connectivity index (χ2n) is 3.71. The monoisotopic (exact) mass is 270 g/mol. The fraction of sp³-hybridized carbons (Fsp3) is 0.0769. The smallest absolute Gasteiger partial charge is 0.744 e. The first kappa shape index (κ1) is 15.4. The van der Waals surface area contributed by atoms with Gasteiger partial charge in [-0.15, -0.1) is 6.58 Å². The quantitative estimate of drug-likeness (QED) is 0.428. The Balaban J connectivity index is 0.00000162. The second-order valence-corrected chi connectivity index (χ2v) is 5.06. The fourth-order valence-electron chi connectivity index (χ4n) is 1.91. The van der Waals surface area contributed by atoms with Gasteiger partial charge in [0.2, 0.25) is 0 Å². The summed E-state index contributed by atoms with van der Waals surface area (Å²) >= 11 is 0. The van der Waals surface area contributed by atoms with Crippen LogP contribution in [0.25, 0.3) is 10.8 Å². The van der Waals surface area contributed by atoms with E-state index in [0.29, 0.717) is 12.0 Å². The molecule has 0 aromatic heterocycles. The molecule has 0 heterocycles. The first-order valence-corrected chi connectivity index (χ1v) is 6.52. The molecule has 0 bridgehead atoms. The van der Waals surface area contributed by atoms with Gasteiger partial charge >= 0.3 is 29.6 Å². The summed E-state index contributed by atoms with van der Waals surface area (Å²) in [4.78, 5) is -0.156. The molecule has 2 aromatic rings. The van der Waals surface area contributed by atoms with Gasteiger partial charge in [-0.1, -0.05) is 36.4 Å². The van der Waals surface area contributed by atoms with E-state index in [4.69, 9.17) is 0 Å². The molecule has 0 amide bonds. The Labute approximate surface area is 129 Å². The van der Waals surface area contributed by atoms with Gasteiger partial charge in [0.25, 0.3) is 0 Å². The number of hydrogen-bond acceptors (Lipinski definition) is 3. The molecule has 2 aromatic carbocycles. The van der Waals surface area contributed by atoms with Crippen LogP contribution in [0.4, 0.5) is 0 Å². The average Bonchev–Trinajstić information content (AvgIpc) is 2.28. The van der Waals surface area contributed by atoms with Crippen LogP contribution in [0.2, 0.25) is 0 Å². The van der Waals surface area contributed by atoms with E-state index in [2.05, 4.69) is 6.58 Å². The van der Waals surface area contributed by atoms with Crippen molar-refractivity contribution < 1.29 is 42.5 Å². The Hall–Kier alpha value is -0.650. The SMILES string of the molecule is C=CCc1c(S(=O)(=O)[O-])ccc2ccccc12.[Na+]. The maximum absolute atomic E-state index is 11.2. The summed E-state index contributed by atoms with van der Waals surface area (Å²) in [6, 6.07) is 10.4. The molecule has 5 heteroatoms. The van der Waals surface area contributed by atoms with Crippen LogP contribution in [0.5, 0.6) is 0 Å². The van der Waals surface area contributed by atoms with Crippen LogP contribution in [0.3, 0.4) is 0 Å². The minimum atomic E-state index is -4.44. The summed E-state index contributed by atoms with van der Waals surface area (Å²) in [7, 11) is -4.44. The molecule has 0 N–H and O–H groups in total. The molecule has 88 valence electrons. The predicted octanol–water partition coefficient (Wildman–Crippen LogP) is -0.524. The zero-order chi connectivity index (χ0) is 12.5. The molecule has 0 aliphatic carbocycles. The largest absolute Gasteiger partial charge is 1.00 e. The van der Waals surface area contributed by atoms with Crippen LogP contribution in [0.15, 0.2) is 53.9 Å². The standard InChI is InChI=1S/C13H12O3S.Na/c1-2-5-12-11-7-4-3-6-10(11)8-9-13(12)17(14,15)16;/h2-4,6-9H,1,5H2,(H,14,15,16);/q;+1/p-1. The van der Waals surface area contributed by atoms with E-state index in [1.54, 1.807) is 12.1 Å². The van der Waals surface area contributed by atoms with Gasteiger partial charge in [0.1, 0.15) is 10.1 Å². The topological polar surface area (TPSA) is 57.2 Å². The molecule has 0 atom stereocenters. The van der Waals surface area contributed by atoms with Crippen molar-refractivity contribution in [3.05, 3.63) is 54.6 Å². The Morgan fingerprint density at radius 3 is 2.44 bits per heavy atom. The molecule has 0 aliphatic rings. The number of allylic oxidation sites excluding steroid dienone is 1. The summed E-state index contributed by atoms with van der Waals surface area (Å²) in [6.07, 6.45) is 1.95. The molecule has 0 spiro atoms. The van der Waals surface area contributed by atoms with Crippen LogP contribution in [-0.4, -0.2) is 13.0 Å². The molecule has 0 fully saturated rings. The number of benzene rings is 2. The summed E-state index contributed by atoms with van der Waals surface area (Å²) < 4.78 is 33.5.